The molecule has 2 aliphatic rings. The first-order valence-electron chi connectivity index (χ1n) is 11.0. The van der Waals surface area contributed by atoms with E-state index in [1.54, 1.807) is 6.26 Å². The molecule has 8 heteroatoms. The molecular weight excluding hydrogens is 392 g/mol. The number of pyridine rings is 1. The largest absolute Gasteiger partial charge is 0.449 e. The number of rotatable bonds is 6. The maximum absolute atomic E-state index is 13.3. The van der Waals surface area contributed by atoms with Gasteiger partial charge in [0.15, 0.2) is 5.89 Å². The van der Waals surface area contributed by atoms with Crippen LogP contribution in [0.1, 0.15) is 40.7 Å². The number of likely N-dealkylation sites (tertiary alicyclic amines) is 1. The van der Waals surface area contributed by atoms with Crippen molar-refractivity contribution in [3.05, 3.63) is 69.5 Å². The van der Waals surface area contributed by atoms with Crippen LogP contribution in [0.5, 0.6) is 0 Å². The Morgan fingerprint density at radius 2 is 2.10 bits per heavy atom. The predicted molar refractivity (Wildman–Crippen MR) is 116 cm³/mol. The van der Waals surface area contributed by atoms with E-state index in [1.807, 2.05) is 41.7 Å². The standard InChI is InChI=1S/C23H30N6O2/c1-16-25-21(15-31-16)14-28-10-17-6-20(13-28)22-5-4-19(23(30)29(22)11-17)12-26(2)8-18-7-24-27(3)9-18/h4-5,7,9,15,17,20H,6,8,10-14H2,1-3H3/t17-,20+/m0/s1. The van der Waals surface area contributed by atoms with Gasteiger partial charge in [0.05, 0.1) is 11.9 Å². The highest BCUT2D eigenvalue weighted by Gasteiger charge is 2.35. The maximum Gasteiger partial charge on any atom is 0.255 e. The molecule has 8 nitrogen and oxygen atoms in total. The molecule has 31 heavy (non-hydrogen) atoms. The molecule has 2 bridgehead atoms. The Balaban J connectivity index is 1.30. The monoisotopic (exact) mass is 422 g/mol. The summed E-state index contributed by atoms with van der Waals surface area (Å²) in [6.45, 7) is 6.87. The van der Waals surface area contributed by atoms with E-state index in [-0.39, 0.29) is 5.56 Å². The lowest BCUT2D eigenvalue weighted by Gasteiger charge is -2.42. The molecule has 0 saturated carbocycles. The Bertz CT molecular complexity index is 1130. The first-order valence-corrected chi connectivity index (χ1v) is 11.0. The van der Waals surface area contributed by atoms with Gasteiger partial charge in [0.2, 0.25) is 0 Å². The second kappa shape index (κ2) is 8.09. The number of aryl methyl sites for hydroxylation is 2. The topological polar surface area (TPSA) is 72.3 Å². The van der Waals surface area contributed by atoms with Crippen molar-refractivity contribution in [1.82, 2.24) is 29.1 Å². The second-order valence-electron chi connectivity index (χ2n) is 9.24. The van der Waals surface area contributed by atoms with Crippen molar-refractivity contribution in [2.24, 2.45) is 13.0 Å². The molecule has 0 aliphatic carbocycles. The van der Waals surface area contributed by atoms with E-state index in [0.717, 1.165) is 56.0 Å². The lowest BCUT2D eigenvalue weighted by Crippen LogP contribution is -2.47. The van der Waals surface area contributed by atoms with Crippen LogP contribution in [0.4, 0.5) is 0 Å². The SMILES string of the molecule is Cc1nc(CN2C[C@@H]3C[C@H](C2)c2ccc(CN(C)Cc4cnn(C)c4)c(=O)n2C3)co1. The summed E-state index contributed by atoms with van der Waals surface area (Å²) in [5.41, 5.74) is 4.36. The van der Waals surface area contributed by atoms with Crippen molar-refractivity contribution in [3.8, 4) is 0 Å². The first kappa shape index (κ1) is 20.2. The number of fused-ring (bicyclic) bond motifs is 4. The number of hydrogen-bond acceptors (Lipinski definition) is 6. The zero-order chi connectivity index (χ0) is 21.5. The van der Waals surface area contributed by atoms with Crippen LogP contribution in [0.3, 0.4) is 0 Å². The van der Waals surface area contributed by atoms with Crippen molar-refractivity contribution >= 4 is 0 Å². The minimum atomic E-state index is 0.172. The summed E-state index contributed by atoms with van der Waals surface area (Å²) in [6.07, 6.45) is 6.81. The third kappa shape index (κ3) is 4.22. The highest BCUT2D eigenvalue weighted by molar-refractivity contribution is 5.22. The lowest BCUT2D eigenvalue weighted by atomic mass is 9.83. The second-order valence-corrected chi connectivity index (χ2v) is 9.24. The molecule has 2 atom stereocenters. The third-order valence-corrected chi connectivity index (χ3v) is 6.46. The fraction of sp³-hybridized carbons (Fsp3) is 0.522. The summed E-state index contributed by atoms with van der Waals surface area (Å²) >= 11 is 0. The van der Waals surface area contributed by atoms with Gasteiger partial charge in [-0.2, -0.15) is 5.10 Å². The molecule has 3 aromatic heterocycles. The molecule has 2 aliphatic heterocycles. The predicted octanol–water partition coefficient (Wildman–Crippen LogP) is 2.13. The van der Waals surface area contributed by atoms with Crippen LogP contribution >= 0.6 is 0 Å². The number of nitrogens with zero attached hydrogens (tertiary/aromatic N) is 6. The molecule has 0 N–H and O–H groups in total. The van der Waals surface area contributed by atoms with Crippen LogP contribution in [0.25, 0.3) is 0 Å². The smallest absolute Gasteiger partial charge is 0.255 e. The molecule has 5 heterocycles. The number of aromatic nitrogens is 4. The van der Waals surface area contributed by atoms with Crippen molar-refractivity contribution in [2.45, 2.75) is 45.4 Å². The van der Waals surface area contributed by atoms with Crippen LogP contribution in [-0.4, -0.2) is 49.3 Å². The van der Waals surface area contributed by atoms with Crippen LogP contribution in [0.2, 0.25) is 0 Å². The zero-order valence-corrected chi connectivity index (χ0v) is 18.5. The molecule has 3 aromatic rings. The summed E-state index contributed by atoms with van der Waals surface area (Å²) < 4.78 is 9.22. The quantitative estimate of drug-likeness (QED) is 0.606. The summed E-state index contributed by atoms with van der Waals surface area (Å²) in [4.78, 5) is 22.4. The van der Waals surface area contributed by atoms with Crippen molar-refractivity contribution in [1.29, 1.82) is 0 Å². The van der Waals surface area contributed by atoms with Gasteiger partial charge in [0.1, 0.15) is 6.26 Å². The normalized spacial score (nSPS) is 20.9. The molecule has 164 valence electrons. The van der Waals surface area contributed by atoms with E-state index in [4.69, 9.17) is 4.42 Å². The average Bonchev–Trinajstić information content (AvgIpc) is 3.32. The van der Waals surface area contributed by atoms with Gasteiger partial charge >= 0.3 is 0 Å². The Morgan fingerprint density at radius 3 is 2.84 bits per heavy atom. The Hall–Kier alpha value is -2.71. The third-order valence-electron chi connectivity index (χ3n) is 6.46. The summed E-state index contributed by atoms with van der Waals surface area (Å²) in [6, 6.07) is 4.22. The summed E-state index contributed by atoms with van der Waals surface area (Å²) in [7, 11) is 3.97. The van der Waals surface area contributed by atoms with E-state index in [2.05, 4.69) is 33.0 Å². The van der Waals surface area contributed by atoms with Gasteiger partial charge in [0.25, 0.3) is 5.56 Å². The highest BCUT2D eigenvalue weighted by atomic mass is 16.3. The van der Waals surface area contributed by atoms with Gasteiger partial charge in [-0.15, -0.1) is 0 Å². The van der Waals surface area contributed by atoms with E-state index in [0.29, 0.717) is 24.3 Å². The molecule has 1 fully saturated rings. The van der Waals surface area contributed by atoms with Crippen LogP contribution in [0.15, 0.2) is 40.0 Å². The van der Waals surface area contributed by atoms with Gasteiger partial charge in [-0.3, -0.25) is 19.3 Å². The Labute approximate surface area is 182 Å². The maximum atomic E-state index is 13.3. The molecule has 0 aromatic carbocycles. The van der Waals surface area contributed by atoms with Crippen molar-refractivity contribution in [2.75, 3.05) is 20.1 Å². The van der Waals surface area contributed by atoms with E-state index in [1.165, 1.54) is 5.69 Å². The summed E-state index contributed by atoms with van der Waals surface area (Å²) in [5.74, 6) is 1.61. The zero-order valence-electron chi connectivity index (χ0n) is 18.5. The van der Waals surface area contributed by atoms with Crippen molar-refractivity contribution < 1.29 is 4.42 Å². The van der Waals surface area contributed by atoms with Crippen molar-refractivity contribution in [3.63, 3.8) is 0 Å². The van der Waals surface area contributed by atoms with Gasteiger partial charge < -0.3 is 8.98 Å². The number of hydrogen-bond donors (Lipinski definition) is 0. The Kier molecular flexibility index (Phi) is 5.27. The average molecular weight is 423 g/mol. The first-order chi connectivity index (χ1) is 14.9. The van der Waals surface area contributed by atoms with Crippen LogP contribution in [0, 0.1) is 12.8 Å². The number of piperidine rings is 1. The van der Waals surface area contributed by atoms with E-state index >= 15 is 0 Å². The fourth-order valence-corrected chi connectivity index (χ4v) is 5.26. The van der Waals surface area contributed by atoms with Crippen LogP contribution < -0.4 is 5.56 Å². The van der Waals surface area contributed by atoms with Gasteiger partial charge in [-0.1, -0.05) is 6.07 Å². The number of oxazole rings is 1. The highest BCUT2D eigenvalue weighted by Crippen LogP contribution is 2.35. The molecular formula is C23H30N6O2. The Morgan fingerprint density at radius 1 is 1.23 bits per heavy atom. The molecule has 1 saturated heterocycles. The molecule has 0 spiro atoms. The molecule has 0 unspecified atom stereocenters. The van der Waals surface area contributed by atoms with Gasteiger partial charge in [-0.05, 0) is 25.5 Å². The van der Waals surface area contributed by atoms with E-state index in [9.17, 15) is 4.79 Å². The minimum Gasteiger partial charge on any atom is -0.449 e. The summed E-state index contributed by atoms with van der Waals surface area (Å²) in [5, 5.41) is 4.23. The van der Waals surface area contributed by atoms with Crippen LogP contribution in [-0.2, 0) is 33.2 Å². The molecule has 0 radical (unpaired) electrons. The molecule has 0 amide bonds. The minimum absolute atomic E-state index is 0.172. The van der Waals surface area contributed by atoms with Gasteiger partial charge in [-0.25, -0.2) is 4.98 Å². The van der Waals surface area contributed by atoms with Gasteiger partial charge in [0, 0.05) is 82.2 Å². The molecule has 5 rings (SSSR count). The lowest BCUT2D eigenvalue weighted by molar-refractivity contribution is 0.113. The van der Waals surface area contributed by atoms with E-state index < -0.39 is 0 Å². The fourth-order valence-electron chi connectivity index (χ4n) is 5.26.